The van der Waals surface area contributed by atoms with Crippen molar-refractivity contribution in [2.75, 3.05) is 18.2 Å². The van der Waals surface area contributed by atoms with Gasteiger partial charge in [0.2, 0.25) is 0 Å². The molecule has 20 heavy (non-hydrogen) atoms. The SMILES string of the molecule is COc1ccc(Cl)cc1NC(=O)c1c(N)cccc1Cl. The number of anilines is 2. The largest absolute Gasteiger partial charge is 0.495 e. The average molecular weight is 311 g/mol. The van der Waals surface area contributed by atoms with Crippen molar-refractivity contribution < 1.29 is 9.53 Å². The predicted molar refractivity (Wildman–Crippen MR) is 81.8 cm³/mol. The number of halogens is 2. The van der Waals surface area contributed by atoms with Gasteiger partial charge < -0.3 is 15.8 Å². The summed E-state index contributed by atoms with van der Waals surface area (Å²) in [6.07, 6.45) is 0. The van der Waals surface area contributed by atoms with Crippen molar-refractivity contribution in [3.05, 3.63) is 52.0 Å². The van der Waals surface area contributed by atoms with Crippen LogP contribution in [0.2, 0.25) is 10.0 Å². The van der Waals surface area contributed by atoms with Crippen LogP contribution in [-0.4, -0.2) is 13.0 Å². The quantitative estimate of drug-likeness (QED) is 0.847. The Labute approximate surface area is 126 Å². The van der Waals surface area contributed by atoms with Gasteiger partial charge in [-0.3, -0.25) is 4.79 Å². The van der Waals surface area contributed by atoms with Gasteiger partial charge in [-0.05, 0) is 30.3 Å². The van der Waals surface area contributed by atoms with Crippen molar-refractivity contribution in [1.29, 1.82) is 0 Å². The Bertz CT molecular complexity index is 639. The number of benzene rings is 2. The summed E-state index contributed by atoms with van der Waals surface area (Å²) in [5, 5.41) is 3.45. The zero-order chi connectivity index (χ0) is 14.7. The maximum atomic E-state index is 12.3. The minimum Gasteiger partial charge on any atom is -0.495 e. The van der Waals surface area contributed by atoms with E-state index >= 15 is 0 Å². The minimum atomic E-state index is -0.423. The third-order valence-electron chi connectivity index (χ3n) is 2.68. The number of hydrogen-bond acceptors (Lipinski definition) is 3. The third-order valence-corrected chi connectivity index (χ3v) is 3.23. The van der Waals surface area contributed by atoms with E-state index in [1.54, 1.807) is 36.4 Å². The van der Waals surface area contributed by atoms with Gasteiger partial charge in [-0.2, -0.15) is 0 Å². The molecule has 104 valence electrons. The molecule has 0 atom stereocenters. The van der Waals surface area contributed by atoms with E-state index in [4.69, 9.17) is 33.7 Å². The van der Waals surface area contributed by atoms with Gasteiger partial charge in [0.15, 0.2) is 0 Å². The second-order valence-corrected chi connectivity index (χ2v) is 4.85. The molecule has 6 heteroatoms. The number of ether oxygens (including phenoxy) is 1. The molecule has 0 aromatic heterocycles. The topological polar surface area (TPSA) is 64.3 Å². The number of hydrogen-bond donors (Lipinski definition) is 2. The Balaban J connectivity index is 2.35. The second-order valence-electron chi connectivity index (χ2n) is 4.00. The number of nitrogens with one attached hydrogen (secondary N) is 1. The number of carbonyl (C=O) groups is 1. The van der Waals surface area contributed by atoms with E-state index < -0.39 is 5.91 Å². The van der Waals surface area contributed by atoms with E-state index in [0.29, 0.717) is 22.1 Å². The molecule has 2 aromatic carbocycles. The van der Waals surface area contributed by atoms with Crippen LogP contribution in [0.3, 0.4) is 0 Å². The summed E-state index contributed by atoms with van der Waals surface area (Å²) in [5.41, 5.74) is 6.74. The molecule has 0 aliphatic heterocycles. The molecule has 0 aliphatic carbocycles. The van der Waals surface area contributed by atoms with Gasteiger partial charge in [0.25, 0.3) is 5.91 Å². The van der Waals surface area contributed by atoms with Gasteiger partial charge in [-0.1, -0.05) is 29.3 Å². The van der Waals surface area contributed by atoms with Crippen molar-refractivity contribution in [3.63, 3.8) is 0 Å². The van der Waals surface area contributed by atoms with Crippen molar-refractivity contribution in [2.24, 2.45) is 0 Å². The monoisotopic (exact) mass is 310 g/mol. The summed E-state index contributed by atoms with van der Waals surface area (Å²) in [4.78, 5) is 12.3. The molecule has 0 fully saturated rings. The Kier molecular flexibility index (Phi) is 4.37. The highest BCUT2D eigenvalue weighted by molar-refractivity contribution is 6.35. The standard InChI is InChI=1S/C14H12Cl2N2O2/c1-20-12-6-5-8(15)7-11(12)18-14(19)13-9(16)3-2-4-10(13)17/h2-7H,17H2,1H3,(H,18,19). The van der Waals surface area contributed by atoms with Crippen LogP contribution in [0.4, 0.5) is 11.4 Å². The molecule has 0 heterocycles. The summed E-state index contributed by atoms with van der Waals surface area (Å²) in [6.45, 7) is 0. The molecule has 1 amide bonds. The van der Waals surface area contributed by atoms with Crippen LogP contribution in [0.25, 0.3) is 0 Å². The van der Waals surface area contributed by atoms with E-state index in [1.807, 2.05) is 0 Å². The van der Waals surface area contributed by atoms with Crippen LogP contribution in [0.15, 0.2) is 36.4 Å². The molecule has 0 bridgehead atoms. The highest BCUT2D eigenvalue weighted by Gasteiger charge is 2.16. The number of carbonyl (C=O) groups excluding carboxylic acids is 1. The fourth-order valence-electron chi connectivity index (χ4n) is 1.74. The first-order valence-corrected chi connectivity index (χ1v) is 6.47. The van der Waals surface area contributed by atoms with E-state index in [1.165, 1.54) is 7.11 Å². The lowest BCUT2D eigenvalue weighted by Gasteiger charge is -2.12. The van der Waals surface area contributed by atoms with Crippen LogP contribution in [0.5, 0.6) is 5.75 Å². The van der Waals surface area contributed by atoms with Gasteiger partial charge in [-0.25, -0.2) is 0 Å². The van der Waals surface area contributed by atoms with E-state index in [9.17, 15) is 4.79 Å². The molecule has 0 spiro atoms. The first kappa shape index (κ1) is 14.5. The zero-order valence-electron chi connectivity index (χ0n) is 10.6. The Morgan fingerprint density at radius 2 is 2.00 bits per heavy atom. The summed E-state index contributed by atoms with van der Waals surface area (Å²) in [5.74, 6) is 0.0713. The van der Waals surface area contributed by atoms with Gasteiger partial charge in [-0.15, -0.1) is 0 Å². The fourth-order valence-corrected chi connectivity index (χ4v) is 2.18. The minimum absolute atomic E-state index is 0.219. The van der Waals surface area contributed by atoms with E-state index in [-0.39, 0.29) is 10.6 Å². The normalized spacial score (nSPS) is 10.2. The van der Waals surface area contributed by atoms with Crippen LogP contribution >= 0.6 is 23.2 Å². The molecule has 3 N–H and O–H groups in total. The van der Waals surface area contributed by atoms with Gasteiger partial charge in [0.1, 0.15) is 5.75 Å². The third kappa shape index (κ3) is 2.98. The summed E-state index contributed by atoms with van der Waals surface area (Å²) < 4.78 is 5.16. The zero-order valence-corrected chi connectivity index (χ0v) is 12.1. The van der Waals surface area contributed by atoms with Crippen LogP contribution < -0.4 is 15.8 Å². The average Bonchev–Trinajstić information content (AvgIpc) is 2.38. The van der Waals surface area contributed by atoms with Gasteiger partial charge in [0, 0.05) is 10.7 Å². The first-order valence-electron chi connectivity index (χ1n) is 5.72. The van der Waals surface area contributed by atoms with Crippen LogP contribution in [-0.2, 0) is 0 Å². The van der Waals surface area contributed by atoms with E-state index in [0.717, 1.165) is 0 Å². The Morgan fingerprint density at radius 3 is 2.65 bits per heavy atom. The van der Waals surface area contributed by atoms with Crippen molar-refractivity contribution in [3.8, 4) is 5.75 Å². The lowest BCUT2D eigenvalue weighted by molar-refractivity contribution is 0.102. The second kappa shape index (κ2) is 6.03. The fraction of sp³-hybridized carbons (Fsp3) is 0.0714. The van der Waals surface area contributed by atoms with E-state index in [2.05, 4.69) is 5.32 Å². The Morgan fingerprint density at radius 1 is 1.25 bits per heavy atom. The number of amides is 1. The van der Waals surface area contributed by atoms with Gasteiger partial charge in [0.05, 0.1) is 23.4 Å². The number of nitrogen functional groups attached to an aromatic ring is 1. The number of methoxy groups -OCH3 is 1. The summed E-state index contributed by atoms with van der Waals surface area (Å²) in [7, 11) is 1.50. The molecular formula is C14H12Cl2N2O2. The maximum absolute atomic E-state index is 12.3. The molecule has 0 aliphatic rings. The maximum Gasteiger partial charge on any atom is 0.259 e. The van der Waals surface area contributed by atoms with Crippen LogP contribution in [0.1, 0.15) is 10.4 Å². The predicted octanol–water partition coefficient (Wildman–Crippen LogP) is 3.84. The smallest absolute Gasteiger partial charge is 0.259 e. The number of nitrogens with two attached hydrogens (primary N) is 1. The van der Waals surface area contributed by atoms with Crippen LogP contribution in [0, 0.1) is 0 Å². The molecule has 0 unspecified atom stereocenters. The lowest BCUT2D eigenvalue weighted by atomic mass is 10.1. The molecule has 2 aromatic rings. The number of rotatable bonds is 3. The van der Waals surface area contributed by atoms with Crippen molar-refractivity contribution >= 4 is 40.5 Å². The summed E-state index contributed by atoms with van der Waals surface area (Å²) >= 11 is 11.9. The highest BCUT2D eigenvalue weighted by atomic mass is 35.5. The molecule has 0 radical (unpaired) electrons. The lowest BCUT2D eigenvalue weighted by Crippen LogP contribution is -2.15. The molecule has 0 saturated heterocycles. The molecule has 2 rings (SSSR count). The highest BCUT2D eigenvalue weighted by Crippen LogP contribution is 2.29. The molecule has 0 saturated carbocycles. The first-order chi connectivity index (χ1) is 9.52. The molecular weight excluding hydrogens is 299 g/mol. The molecule has 4 nitrogen and oxygen atoms in total. The Hall–Kier alpha value is -1.91. The summed E-state index contributed by atoms with van der Waals surface area (Å²) in [6, 6.07) is 9.80. The van der Waals surface area contributed by atoms with Crippen molar-refractivity contribution in [2.45, 2.75) is 0 Å². The van der Waals surface area contributed by atoms with Gasteiger partial charge >= 0.3 is 0 Å². The van der Waals surface area contributed by atoms with Crippen molar-refractivity contribution in [1.82, 2.24) is 0 Å².